The molecule has 0 heterocycles. The first-order valence-electron chi connectivity index (χ1n) is 4.93. The van der Waals surface area contributed by atoms with Crippen LogP contribution in [0.2, 0.25) is 0 Å². The van der Waals surface area contributed by atoms with Crippen LogP contribution in [0.25, 0.3) is 0 Å². The van der Waals surface area contributed by atoms with Gasteiger partial charge >= 0.3 is 0 Å². The van der Waals surface area contributed by atoms with E-state index in [2.05, 4.69) is 21.1 Å². The van der Waals surface area contributed by atoms with E-state index in [9.17, 15) is 0 Å². The van der Waals surface area contributed by atoms with E-state index in [4.69, 9.17) is 10.9 Å². The predicted octanol–water partition coefficient (Wildman–Crippen LogP) is 2.62. The Balaban J connectivity index is 2.38. The van der Waals surface area contributed by atoms with E-state index in [0.29, 0.717) is 5.84 Å². The van der Waals surface area contributed by atoms with Crippen molar-refractivity contribution in [2.45, 2.75) is 24.7 Å². The lowest BCUT2D eigenvalue weighted by molar-refractivity contribution is 0.286. The smallest absolute Gasteiger partial charge is 0.149 e. The molecule has 1 aromatic carbocycles. The summed E-state index contributed by atoms with van der Waals surface area (Å²) < 4.78 is 1.04. The number of amidine groups is 1. The second-order valence-electron chi connectivity index (χ2n) is 3.93. The van der Waals surface area contributed by atoms with E-state index in [1.165, 1.54) is 0 Å². The third-order valence-corrected chi connectivity index (χ3v) is 3.73. The maximum absolute atomic E-state index is 8.81. The first kappa shape index (κ1) is 10.5. The van der Waals surface area contributed by atoms with E-state index in [1.54, 1.807) is 0 Å². The highest BCUT2D eigenvalue weighted by Gasteiger charge is 2.42. The number of nitrogens with two attached hydrogens (primary N) is 1. The fourth-order valence-electron chi connectivity index (χ4n) is 2.09. The minimum atomic E-state index is -0.227. The molecule has 15 heavy (non-hydrogen) atoms. The van der Waals surface area contributed by atoms with Crippen molar-refractivity contribution in [3.8, 4) is 0 Å². The van der Waals surface area contributed by atoms with Crippen LogP contribution >= 0.6 is 15.9 Å². The molecule has 1 aliphatic carbocycles. The fraction of sp³-hybridized carbons (Fsp3) is 0.364. The quantitative estimate of drug-likeness (QED) is 0.375. The number of rotatable bonds is 2. The van der Waals surface area contributed by atoms with Crippen molar-refractivity contribution in [2.24, 2.45) is 10.9 Å². The zero-order valence-corrected chi connectivity index (χ0v) is 9.87. The van der Waals surface area contributed by atoms with Crippen LogP contribution < -0.4 is 5.73 Å². The van der Waals surface area contributed by atoms with Gasteiger partial charge in [0.1, 0.15) is 5.84 Å². The van der Waals surface area contributed by atoms with Gasteiger partial charge in [-0.2, -0.15) is 0 Å². The van der Waals surface area contributed by atoms with Crippen LogP contribution in [0, 0.1) is 0 Å². The molecule has 0 aliphatic heterocycles. The van der Waals surface area contributed by atoms with Gasteiger partial charge < -0.3 is 10.9 Å². The van der Waals surface area contributed by atoms with Crippen LogP contribution in [-0.4, -0.2) is 11.0 Å². The second kappa shape index (κ2) is 3.85. The standard InChI is InChI=1S/C11H13BrN2O/c12-9-4-2-8(3-5-9)11(6-1-7-11)10(13)14-15/h2-5,15H,1,6-7H2,(H2,13,14). The van der Waals surface area contributed by atoms with Crippen molar-refractivity contribution < 1.29 is 5.21 Å². The Morgan fingerprint density at radius 1 is 1.33 bits per heavy atom. The van der Waals surface area contributed by atoms with Crippen LogP contribution in [0.15, 0.2) is 33.9 Å². The van der Waals surface area contributed by atoms with Crippen molar-refractivity contribution in [3.63, 3.8) is 0 Å². The molecule has 0 bridgehead atoms. The van der Waals surface area contributed by atoms with Gasteiger partial charge in [-0.25, -0.2) is 0 Å². The summed E-state index contributed by atoms with van der Waals surface area (Å²) in [6.45, 7) is 0. The molecule has 3 N–H and O–H groups in total. The van der Waals surface area contributed by atoms with Gasteiger partial charge in [-0.05, 0) is 30.5 Å². The summed E-state index contributed by atoms with van der Waals surface area (Å²) in [7, 11) is 0. The number of halogens is 1. The van der Waals surface area contributed by atoms with Crippen molar-refractivity contribution in [1.29, 1.82) is 0 Å². The molecule has 0 radical (unpaired) electrons. The maximum Gasteiger partial charge on any atom is 0.149 e. The van der Waals surface area contributed by atoms with Gasteiger partial charge in [0.2, 0.25) is 0 Å². The summed E-state index contributed by atoms with van der Waals surface area (Å²) in [6.07, 6.45) is 3.06. The molecule has 1 fully saturated rings. The molecule has 1 aliphatic rings. The molecular weight excluding hydrogens is 256 g/mol. The molecule has 0 atom stereocenters. The number of benzene rings is 1. The Kier molecular flexibility index (Phi) is 2.69. The van der Waals surface area contributed by atoms with Gasteiger partial charge in [0.05, 0.1) is 5.41 Å². The number of oxime groups is 1. The van der Waals surface area contributed by atoms with Crippen LogP contribution in [0.4, 0.5) is 0 Å². The predicted molar refractivity (Wildman–Crippen MR) is 63.1 cm³/mol. The van der Waals surface area contributed by atoms with E-state index in [-0.39, 0.29) is 5.41 Å². The topological polar surface area (TPSA) is 58.6 Å². The summed E-state index contributed by atoms with van der Waals surface area (Å²) in [5, 5.41) is 12.0. The number of hydrogen-bond donors (Lipinski definition) is 2. The largest absolute Gasteiger partial charge is 0.409 e. The van der Waals surface area contributed by atoms with Crippen molar-refractivity contribution in [1.82, 2.24) is 0 Å². The molecule has 0 amide bonds. The van der Waals surface area contributed by atoms with Crippen LogP contribution in [0.3, 0.4) is 0 Å². The van der Waals surface area contributed by atoms with Crippen LogP contribution in [0.1, 0.15) is 24.8 Å². The van der Waals surface area contributed by atoms with Crippen molar-refractivity contribution in [2.75, 3.05) is 0 Å². The summed E-state index contributed by atoms with van der Waals surface area (Å²) in [4.78, 5) is 0. The van der Waals surface area contributed by atoms with Gasteiger partial charge in [-0.15, -0.1) is 0 Å². The molecule has 1 saturated carbocycles. The second-order valence-corrected chi connectivity index (χ2v) is 4.84. The van der Waals surface area contributed by atoms with Gasteiger partial charge in [0, 0.05) is 4.47 Å². The Hall–Kier alpha value is -1.03. The molecule has 0 spiro atoms. The molecule has 4 heteroatoms. The minimum absolute atomic E-state index is 0.227. The van der Waals surface area contributed by atoms with E-state index in [0.717, 1.165) is 29.3 Å². The zero-order chi connectivity index (χ0) is 10.9. The van der Waals surface area contributed by atoms with Crippen LogP contribution in [0.5, 0.6) is 0 Å². The Morgan fingerprint density at radius 3 is 2.33 bits per heavy atom. The molecule has 0 aromatic heterocycles. The lowest BCUT2D eigenvalue weighted by atomic mass is 9.63. The molecule has 2 rings (SSSR count). The third-order valence-electron chi connectivity index (χ3n) is 3.20. The average molecular weight is 269 g/mol. The SMILES string of the molecule is NC(=NO)C1(c2ccc(Br)cc2)CCC1. The maximum atomic E-state index is 8.81. The van der Waals surface area contributed by atoms with E-state index >= 15 is 0 Å². The number of nitrogens with zero attached hydrogens (tertiary/aromatic N) is 1. The highest BCUT2D eigenvalue weighted by atomic mass is 79.9. The normalized spacial score (nSPS) is 19.7. The first-order valence-corrected chi connectivity index (χ1v) is 5.72. The lowest BCUT2D eigenvalue weighted by Gasteiger charge is -2.41. The lowest BCUT2D eigenvalue weighted by Crippen LogP contribution is -2.46. The van der Waals surface area contributed by atoms with Gasteiger partial charge in [-0.3, -0.25) is 0 Å². The Morgan fingerprint density at radius 2 is 1.93 bits per heavy atom. The average Bonchev–Trinajstić information content (AvgIpc) is 2.19. The Labute approximate surface area is 97.1 Å². The van der Waals surface area contributed by atoms with E-state index in [1.807, 2.05) is 24.3 Å². The highest BCUT2D eigenvalue weighted by Crippen LogP contribution is 2.44. The Bertz CT molecular complexity index is 382. The third kappa shape index (κ3) is 1.63. The van der Waals surface area contributed by atoms with E-state index < -0.39 is 0 Å². The molecular formula is C11H13BrN2O. The number of hydrogen-bond acceptors (Lipinski definition) is 2. The molecule has 0 saturated heterocycles. The van der Waals surface area contributed by atoms with Gasteiger partial charge in [0.25, 0.3) is 0 Å². The van der Waals surface area contributed by atoms with Gasteiger partial charge in [0.15, 0.2) is 0 Å². The molecule has 0 unspecified atom stereocenters. The first-order chi connectivity index (χ1) is 7.19. The summed E-state index contributed by atoms with van der Waals surface area (Å²) >= 11 is 3.40. The summed E-state index contributed by atoms with van der Waals surface area (Å²) in [5.74, 6) is 0.330. The molecule has 80 valence electrons. The monoisotopic (exact) mass is 268 g/mol. The van der Waals surface area contributed by atoms with Crippen LogP contribution in [-0.2, 0) is 5.41 Å². The highest BCUT2D eigenvalue weighted by molar-refractivity contribution is 9.10. The molecule has 3 nitrogen and oxygen atoms in total. The zero-order valence-electron chi connectivity index (χ0n) is 8.28. The van der Waals surface area contributed by atoms with Crippen molar-refractivity contribution >= 4 is 21.8 Å². The fourth-order valence-corrected chi connectivity index (χ4v) is 2.35. The van der Waals surface area contributed by atoms with Gasteiger partial charge in [-0.1, -0.05) is 39.6 Å². The molecule has 1 aromatic rings. The minimum Gasteiger partial charge on any atom is -0.409 e. The van der Waals surface area contributed by atoms with Crippen molar-refractivity contribution in [3.05, 3.63) is 34.3 Å². The summed E-state index contributed by atoms with van der Waals surface area (Å²) in [6, 6.07) is 8.03. The summed E-state index contributed by atoms with van der Waals surface area (Å²) in [5.41, 5.74) is 6.68.